The summed E-state index contributed by atoms with van der Waals surface area (Å²) < 4.78 is 33.7. The van der Waals surface area contributed by atoms with Crippen LogP contribution >= 0.6 is 0 Å². The summed E-state index contributed by atoms with van der Waals surface area (Å²) in [5.41, 5.74) is 2.37. The summed E-state index contributed by atoms with van der Waals surface area (Å²) >= 11 is 0. The minimum atomic E-state index is -0.972. The number of nitriles is 1. The predicted molar refractivity (Wildman–Crippen MR) is 164 cm³/mol. The molecule has 2 aliphatic rings. The fourth-order valence-corrected chi connectivity index (χ4v) is 6.04. The van der Waals surface area contributed by atoms with Crippen LogP contribution in [-0.2, 0) is 22.6 Å². The molecule has 12 heteroatoms. The van der Waals surface area contributed by atoms with Gasteiger partial charge in [-0.15, -0.1) is 0 Å². The normalized spacial score (nSPS) is 19.2. The Morgan fingerprint density at radius 3 is 2.76 bits per heavy atom. The number of anilines is 1. The Balaban J connectivity index is 1.20. The molecule has 1 N–H and O–H groups in total. The number of halogens is 1. The Hall–Kier alpha value is -4.57. The van der Waals surface area contributed by atoms with Crippen LogP contribution in [0.4, 0.5) is 10.2 Å². The molecule has 45 heavy (non-hydrogen) atoms. The molecule has 4 aromatic rings. The van der Waals surface area contributed by atoms with E-state index in [1.807, 2.05) is 18.2 Å². The Morgan fingerprint density at radius 1 is 1.20 bits per heavy atom. The number of imidazole rings is 1. The highest BCUT2D eigenvalue weighted by Crippen LogP contribution is 2.31. The number of fused-ring (bicyclic) bond motifs is 1. The van der Waals surface area contributed by atoms with Crippen LogP contribution in [-0.4, -0.2) is 82.6 Å². The fourth-order valence-electron chi connectivity index (χ4n) is 6.04. The number of ether oxygens (including phenoxy) is 3. The summed E-state index contributed by atoms with van der Waals surface area (Å²) in [5, 5.41) is 18.6. The molecule has 2 aromatic heterocycles. The summed E-state index contributed by atoms with van der Waals surface area (Å²) in [7, 11) is 1.69. The van der Waals surface area contributed by atoms with E-state index in [4.69, 9.17) is 29.4 Å². The highest BCUT2D eigenvalue weighted by atomic mass is 19.1. The minimum Gasteiger partial charge on any atom is -0.478 e. The van der Waals surface area contributed by atoms with Crippen molar-refractivity contribution < 1.29 is 28.5 Å². The van der Waals surface area contributed by atoms with Crippen molar-refractivity contribution in [3.63, 3.8) is 0 Å². The third-order valence-electron chi connectivity index (χ3n) is 8.55. The summed E-state index contributed by atoms with van der Waals surface area (Å²) in [5.74, 6) is 0.523. The maximum Gasteiger partial charge on any atom is 0.335 e. The first-order chi connectivity index (χ1) is 21.8. The standard InChI is InChI=1S/C33H35FN6O5/c1-21(32-36-28-9-8-23(33(41)42)15-29(28)40(32)18-26-10-13-44-26)39-12-11-38(17-25(39)20-43-2)30-4-3-5-31(37-30)45-19-24-7-6-22(16-35)14-27(24)34/h3-9,14-15,21,25-26H,10-13,17-20H2,1-2H3,(H,41,42)/t21-,25+,26-/m0/s1. The highest BCUT2D eigenvalue weighted by Gasteiger charge is 2.34. The second kappa shape index (κ2) is 13.2. The molecule has 3 atom stereocenters. The van der Waals surface area contributed by atoms with Gasteiger partial charge in [-0.3, -0.25) is 4.90 Å². The number of rotatable bonds is 11. The van der Waals surface area contributed by atoms with Crippen molar-refractivity contribution in [1.82, 2.24) is 19.4 Å². The monoisotopic (exact) mass is 614 g/mol. The molecular formula is C33H35FN6O5. The Labute approximate surface area is 260 Å². The van der Waals surface area contributed by atoms with Crippen LogP contribution in [0.15, 0.2) is 54.6 Å². The van der Waals surface area contributed by atoms with Crippen molar-refractivity contribution in [1.29, 1.82) is 5.26 Å². The van der Waals surface area contributed by atoms with Crippen molar-refractivity contribution >= 4 is 22.8 Å². The van der Waals surface area contributed by atoms with Crippen LogP contribution in [0.3, 0.4) is 0 Å². The number of carboxylic acids is 1. The summed E-state index contributed by atoms with van der Waals surface area (Å²) in [6.45, 7) is 6.00. The van der Waals surface area contributed by atoms with Crippen LogP contribution in [0.25, 0.3) is 11.0 Å². The van der Waals surface area contributed by atoms with Crippen molar-refractivity contribution in [2.45, 2.75) is 44.7 Å². The number of benzene rings is 2. The zero-order valence-electron chi connectivity index (χ0n) is 25.2. The molecule has 0 aliphatic carbocycles. The number of carboxylic acid groups (broad SMARTS) is 1. The molecule has 2 aliphatic heterocycles. The largest absolute Gasteiger partial charge is 0.478 e. The van der Waals surface area contributed by atoms with Gasteiger partial charge in [0.15, 0.2) is 0 Å². The average Bonchev–Trinajstić information content (AvgIpc) is 3.39. The van der Waals surface area contributed by atoms with Gasteiger partial charge in [0.25, 0.3) is 0 Å². The zero-order chi connectivity index (χ0) is 31.5. The molecule has 234 valence electrons. The van der Waals surface area contributed by atoms with E-state index in [0.29, 0.717) is 44.2 Å². The number of aromatic nitrogens is 3. The number of methoxy groups -OCH3 is 1. The number of hydrogen-bond donors (Lipinski definition) is 1. The average molecular weight is 615 g/mol. The van der Waals surface area contributed by atoms with E-state index >= 15 is 0 Å². The highest BCUT2D eigenvalue weighted by molar-refractivity contribution is 5.92. The first-order valence-electron chi connectivity index (χ1n) is 15.0. The van der Waals surface area contributed by atoms with Crippen molar-refractivity contribution in [3.8, 4) is 11.9 Å². The lowest BCUT2D eigenvalue weighted by Crippen LogP contribution is -2.56. The molecule has 2 aromatic carbocycles. The minimum absolute atomic E-state index is 0.00750. The van der Waals surface area contributed by atoms with Gasteiger partial charge in [0.1, 0.15) is 24.1 Å². The van der Waals surface area contributed by atoms with E-state index in [2.05, 4.69) is 21.3 Å². The van der Waals surface area contributed by atoms with Crippen LogP contribution in [0.2, 0.25) is 0 Å². The smallest absolute Gasteiger partial charge is 0.335 e. The SMILES string of the molecule is COC[C@H]1CN(c2cccc(OCc3ccc(C#N)cc3F)n2)CCN1[C@@H](C)c1nc2ccc(C(=O)O)cc2n1C[C@@H]1CCO1. The molecule has 0 radical (unpaired) electrons. The lowest BCUT2D eigenvalue weighted by atomic mass is 10.1. The molecule has 0 spiro atoms. The second-order valence-corrected chi connectivity index (χ2v) is 11.4. The van der Waals surface area contributed by atoms with E-state index in [0.717, 1.165) is 35.7 Å². The lowest BCUT2D eigenvalue weighted by molar-refractivity contribution is -0.0596. The van der Waals surface area contributed by atoms with Crippen molar-refractivity contribution in [2.24, 2.45) is 0 Å². The van der Waals surface area contributed by atoms with E-state index in [1.54, 1.807) is 43.5 Å². The molecule has 2 fully saturated rings. The molecule has 0 unspecified atom stereocenters. The van der Waals surface area contributed by atoms with Crippen LogP contribution in [0, 0.1) is 17.1 Å². The summed E-state index contributed by atoms with van der Waals surface area (Å²) in [6, 6.07) is 16.8. The van der Waals surface area contributed by atoms with Crippen LogP contribution in [0.1, 0.15) is 46.7 Å². The second-order valence-electron chi connectivity index (χ2n) is 11.4. The Morgan fingerprint density at radius 2 is 2.04 bits per heavy atom. The lowest BCUT2D eigenvalue weighted by Gasteiger charge is -2.44. The maximum atomic E-state index is 14.4. The van der Waals surface area contributed by atoms with Gasteiger partial charge in [0.05, 0.1) is 59.6 Å². The predicted octanol–water partition coefficient (Wildman–Crippen LogP) is 4.41. The topological polar surface area (TPSA) is 126 Å². The van der Waals surface area contributed by atoms with E-state index in [9.17, 15) is 14.3 Å². The van der Waals surface area contributed by atoms with Crippen LogP contribution in [0.5, 0.6) is 5.88 Å². The molecule has 6 rings (SSSR count). The molecular weight excluding hydrogens is 579 g/mol. The van der Waals surface area contributed by atoms with Crippen molar-refractivity contribution in [2.75, 3.05) is 44.9 Å². The maximum absolute atomic E-state index is 14.4. The molecule has 11 nitrogen and oxygen atoms in total. The van der Waals surface area contributed by atoms with E-state index in [-0.39, 0.29) is 35.9 Å². The fraction of sp³-hybridized carbons (Fsp3) is 0.394. The first kappa shape index (κ1) is 30.5. The number of aromatic carboxylic acids is 1. The van der Waals surface area contributed by atoms with Gasteiger partial charge in [-0.25, -0.2) is 14.2 Å². The number of hydrogen-bond acceptors (Lipinski definition) is 9. The van der Waals surface area contributed by atoms with Gasteiger partial charge in [-0.1, -0.05) is 12.1 Å². The van der Waals surface area contributed by atoms with Gasteiger partial charge < -0.3 is 28.8 Å². The third-order valence-corrected chi connectivity index (χ3v) is 8.55. The first-order valence-corrected chi connectivity index (χ1v) is 15.0. The Kier molecular flexibility index (Phi) is 8.93. The third kappa shape index (κ3) is 6.47. The van der Waals surface area contributed by atoms with E-state index in [1.165, 1.54) is 6.07 Å². The molecule has 0 bridgehead atoms. The number of piperazine rings is 1. The number of pyridine rings is 1. The van der Waals surface area contributed by atoms with Gasteiger partial charge in [-0.05, 0) is 49.7 Å². The van der Waals surface area contributed by atoms with Crippen LogP contribution < -0.4 is 9.64 Å². The molecule has 4 heterocycles. The van der Waals surface area contributed by atoms with E-state index < -0.39 is 11.8 Å². The number of carbonyl (C=O) groups is 1. The molecule has 0 saturated carbocycles. The van der Waals surface area contributed by atoms with Gasteiger partial charge in [0, 0.05) is 45.0 Å². The Bertz CT molecular complexity index is 1730. The summed E-state index contributed by atoms with van der Waals surface area (Å²) in [6.07, 6.45) is 1.03. The van der Waals surface area contributed by atoms with Crippen molar-refractivity contribution in [3.05, 3.63) is 82.9 Å². The number of nitrogens with zero attached hydrogens (tertiary/aromatic N) is 6. The molecule has 0 amide bonds. The van der Waals surface area contributed by atoms with Gasteiger partial charge in [0.2, 0.25) is 5.88 Å². The zero-order valence-corrected chi connectivity index (χ0v) is 25.2. The summed E-state index contributed by atoms with van der Waals surface area (Å²) in [4.78, 5) is 26.0. The van der Waals surface area contributed by atoms with Gasteiger partial charge in [-0.2, -0.15) is 10.2 Å². The van der Waals surface area contributed by atoms with Gasteiger partial charge >= 0.3 is 5.97 Å². The quantitative estimate of drug-likeness (QED) is 0.260. The molecule has 2 saturated heterocycles.